The molecular formula is C18H18ClF3N2O4S. The molecule has 0 heterocycles. The van der Waals surface area contributed by atoms with Crippen molar-refractivity contribution in [3.63, 3.8) is 0 Å². The highest BCUT2D eigenvalue weighted by Crippen LogP contribution is 2.30. The molecule has 1 amide bonds. The number of benzene rings is 2. The van der Waals surface area contributed by atoms with Gasteiger partial charge in [0, 0.05) is 5.69 Å². The first-order valence-corrected chi connectivity index (χ1v) is 10.2. The fourth-order valence-corrected chi connectivity index (χ4v) is 3.80. The normalized spacial score (nSPS) is 13.0. The molecule has 0 unspecified atom stereocenters. The lowest BCUT2D eigenvalue weighted by Crippen LogP contribution is -2.41. The van der Waals surface area contributed by atoms with Crippen LogP contribution in [0.3, 0.4) is 0 Å². The molecule has 0 saturated heterocycles. The first-order chi connectivity index (χ1) is 13.4. The quantitative estimate of drug-likeness (QED) is 0.666. The van der Waals surface area contributed by atoms with Gasteiger partial charge in [0.05, 0.1) is 28.1 Å². The average molecular weight is 451 g/mol. The van der Waals surface area contributed by atoms with Crippen LogP contribution in [-0.2, 0) is 21.0 Å². The molecule has 2 rings (SSSR count). The number of carbonyl (C=O) groups is 1. The summed E-state index contributed by atoms with van der Waals surface area (Å²) in [6.45, 7) is 3.40. The molecule has 0 bridgehead atoms. The second kappa shape index (κ2) is 9.02. The Balaban J connectivity index is 2.07. The fraction of sp³-hybridized carbons (Fsp3) is 0.278. The maximum Gasteiger partial charge on any atom is 0.416 e. The van der Waals surface area contributed by atoms with Crippen LogP contribution in [0, 0.1) is 0 Å². The highest BCUT2D eigenvalue weighted by atomic mass is 35.5. The van der Waals surface area contributed by atoms with Gasteiger partial charge in [0.25, 0.3) is 0 Å². The van der Waals surface area contributed by atoms with Crippen molar-refractivity contribution in [2.75, 3.05) is 11.9 Å². The lowest BCUT2D eigenvalue weighted by Gasteiger charge is -2.15. The Hall–Kier alpha value is -2.30. The van der Waals surface area contributed by atoms with E-state index in [-0.39, 0.29) is 15.6 Å². The average Bonchev–Trinajstić information content (AvgIpc) is 2.62. The first kappa shape index (κ1) is 23.0. The third kappa shape index (κ3) is 6.09. The Bertz CT molecular complexity index is 980. The van der Waals surface area contributed by atoms with Crippen LogP contribution in [0.2, 0.25) is 5.02 Å². The van der Waals surface area contributed by atoms with Gasteiger partial charge in [0.1, 0.15) is 5.75 Å². The Morgan fingerprint density at radius 3 is 2.31 bits per heavy atom. The van der Waals surface area contributed by atoms with Crippen LogP contribution in [0.4, 0.5) is 18.9 Å². The predicted molar refractivity (Wildman–Crippen MR) is 102 cm³/mol. The van der Waals surface area contributed by atoms with Crippen LogP contribution in [0.5, 0.6) is 5.75 Å². The van der Waals surface area contributed by atoms with E-state index >= 15 is 0 Å². The third-order valence-corrected chi connectivity index (χ3v) is 5.55. The lowest BCUT2D eigenvalue weighted by molar-refractivity contribution is -0.137. The molecule has 2 aromatic carbocycles. The molecular weight excluding hydrogens is 433 g/mol. The Labute approximate surface area is 171 Å². The molecule has 0 spiro atoms. The number of amides is 1. The van der Waals surface area contributed by atoms with Gasteiger partial charge in [-0.2, -0.15) is 17.9 Å². The SMILES string of the molecule is CCOc1ccc(S(=O)(=O)N[C@@H](C)C(=O)Nc2ccc(C(F)(F)F)cc2)cc1Cl. The van der Waals surface area contributed by atoms with Crippen molar-refractivity contribution in [2.45, 2.75) is 31.0 Å². The topological polar surface area (TPSA) is 84.5 Å². The summed E-state index contributed by atoms with van der Waals surface area (Å²) in [7, 11) is -4.08. The smallest absolute Gasteiger partial charge is 0.416 e. The molecule has 0 radical (unpaired) electrons. The molecule has 2 N–H and O–H groups in total. The number of ether oxygens (including phenoxy) is 1. The highest BCUT2D eigenvalue weighted by molar-refractivity contribution is 7.89. The lowest BCUT2D eigenvalue weighted by atomic mass is 10.2. The van der Waals surface area contributed by atoms with Crippen LogP contribution in [0.25, 0.3) is 0 Å². The molecule has 158 valence electrons. The minimum absolute atomic E-state index is 0.0941. The molecule has 0 aromatic heterocycles. The zero-order chi connectivity index (χ0) is 21.8. The summed E-state index contributed by atoms with van der Waals surface area (Å²) in [5, 5.41) is 2.45. The fourth-order valence-electron chi connectivity index (χ4n) is 2.27. The zero-order valence-corrected chi connectivity index (χ0v) is 17.0. The Morgan fingerprint density at radius 2 is 1.79 bits per heavy atom. The van der Waals surface area contributed by atoms with Gasteiger partial charge in [0.15, 0.2) is 0 Å². The molecule has 0 aliphatic heterocycles. The maximum absolute atomic E-state index is 12.6. The van der Waals surface area contributed by atoms with Gasteiger partial charge in [0.2, 0.25) is 15.9 Å². The van der Waals surface area contributed by atoms with E-state index in [2.05, 4.69) is 10.0 Å². The number of alkyl halides is 3. The number of nitrogens with one attached hydrogen (secondary N) is 2. The van der Waals surface area contributed by atoms with Crippen LogP contribution in [-0.4, -0.2) is 27.0 Å². The van der Waals surface area contributed by atoms with E-state index in [0.29, 0.717) is 12.4 Å². The van der Waals surface area contributed by atoms with E-state index in [1.807, 2.05) is 0 Å². The number of rotatable bonds is 7. The van der Waals surface area contributed by atoms with Crippen molar-refractivity contribution in [2.24, 2.45) is 0 Å². The summed E-state index contributed by atoms with van der Waals surface area (Å²) >= 11 is 5.99. The highest BCUT2D eigenvalue weighted by Gasteiger charge is 2.30. The zero-order valence-electron chi connectivity index (χ0n) is 15.4. The molecule has 0 saturated carbocycles. The molecule has 2 aromatic rings. The van der Waals surface area contributed by atoms with Gasteiger partial charge in [-0.1, -0.05) is 11.6 Å². The second-order valence-corrected chi connectivity index (χ2v) is 8.05. The molecule has 6 nitrogen and oxygen atoms in total. The summed E-state index contributed by atoms with van der Waals surface area (Å²) < 4.78 is 70.1. The monoisotopic (exact) mass is 450 g/mol. The number of halogens is 4. The number of carbonyl (C=O) groups excluding carboxylic acids is 1. The molecule has 29 heavy (non-hydrogen) atoms. The van der Waals surface area contributed by atoms with E-state index in [1.165, 1.54) is 25.1 Å². The molecule has 11 heteroatoms. The minimum Gasteiger partial charge on any atom is -0.492 e. The summed E-state index contributed by atoms with van der Waals surface area (Å²) in [4.78, 5) is 12.0. The minimum atomic E-state index is -4.50. The predicted octanol–water partition coefficient (Wildman–Crippen LogP) is 4.06. The second-order valence-electron chi connectivity index (χ2n) is 5.93. The Kier molecular flexibility index (Phi) is 7.15. The van der Waals surface area contributed by atoms with E-state index in [4.69, 9.17) is 16.3 Å². The first-order valence-electron chi connectivity index (χ1n) is 8.37. The molecule has 0 fully saturated rings. The van der Waals surface area contributed by atoms with Crippen molar-refractivity contribution in [1.29, 1.82) is 0 Å². The van der Waals surface area contributed by atoms with Crippen LogP contribution < -0.4 is 14.8 Å². The van der Waals surface area contributed by atoms with Crippen molar-refractivity contribution < 1.29 is 31.1 Å². The van der Waals surface area contributed by atoms with Crippen molar-refractivity contribution in [1.82, 2.24) is 4.72 Å². The van der Waals surface area contributed by atoms with E-state index in [0.717, 1.165) is 24.3 Å². The van der Waals surface area contributed by atoms with Crippen molar-refractivity contribution in [3.8, 4) is 5.75 Å². The number of hydrogen-bond donors (Lipinski definition) is 2. The standard InChI is InChI=1S/C18H18ClF3N2O4S/c1-3-28-16-9-8-14(10-15(16)19)29(26,27)24-11(2)17(25)23-13-6-4-12(5-7-13)18(20,21)22/h4-11,24H,3H2,1-2H3,(H,23,25)/t11-/m0/s1. The van der Waals surface area contributed by atoms with Gasteiger partial charge in [-0.25, -0.2) is 8.42 Å². The summed E-state index contributed by atoms with van der Waals surface area (Å²) in [6.07, 6.45) is -4.50. The number of hydrogen-bond acceptors (Lipinski definition) is 4. The summed E-state index contributed by atoms with van der Waals surface area (Å²) in [6, 6.07) is 6.44. The third-order valence-electron chi connectivity index (χ3n) is 3.72. The Morgan fingerprint density at radius 1 is 1.17 bits per heavy atom. The van der Waals surface area contributed by atoms with Gasteiger partial charge in [-0.3, -0.25) is 4.79 Å². The molecule has 0 aliphatic rings. The van der Waals surface area contributed by atoms with Gasteiger partial charge < -0.3 is 10.1 Å². The maximum atomic E-state index is 12.6. The van der Waals surface area contributed by atoms with Crippen molar-refractivity contribution >= 4 is 33.2 Å². The van der Waals surface area contributed by atoms with E-state index in [1.54, 1.807) is 6.92 Å². The van der Waals surface area contributed by atoms with Gasteiger partial charge in [-0.15, -0.1) is 0 Å². The summed E-state index contributed by atoms with van der Waals surface area (Å²) in [5.74, 6) is -0.424. The largest absolute Gasteiger partial charge is 0.492 e. The molecule has 1 atom stereocenters. The van der Waals surface area contributed by atoms with E-state index in [9.17, 15) is 26.4 Å². The van der Waals surface area contributed by atoms with E-state index < -0.39 is 33.7 Å². The van der Waals surface area contributed by atoms with Crippen LogP contribution >= 0.6 is 11.6 Å². The van der Waals surface area contributed by atoms with Gasteiger partial charge >= 0.3 is 6.18 Å². The van der Waals surface area contributed by atoms with Crippen LogP contribution in [0.1, 0.15) is 19.4 Å². The van der Waals surface area contributed by atoms with Crippen molar-refractivity contribution in [3.05, 3.63) is 53.1 Å². The van der Waals surface area contributed by atoms with Gasteiger partial charge in [-0.05, 0) is 56.3 Å². The molecule has 0 aliphatic carbocycles. The number of sulfonamides is 1. The van der Waals surface area contributed by atoms with Crippen LogP contribution in [0.15, 0.2) is 47.4 Å². The summed E-state index contributed by atoms with van der Waals surface area (Å²) in [5.41, 5.74) is -0.769. The number of anilines is 1.